The molecule has 0 saturated heterocycles. The molecule has 1 heterocycles. The maximum absolute atomic E-state index is 12.0. The van der Waals surface area contributed by atoms with Gasteiger partial charge in [0, 0.05) is 24.1 Å². The number of fused-ring (bicyclic) bond motifs is 1. The van der Waals surface area contributed by atoms with Crippen LogP contribution < -0.4 is 15.5 Å². The van der Waals surface area contributed by atoms with Crippen LogP contribution in [0.4, 0.5) is 11.4 Å². The summed E-state index contributed by atoms with van der Waals surface area (Å²) in [6.45, 7) is 3.23. The Labute approximate surface area is 116 Å². The number of hydrogen-bond acceptors (Lipinski definition) is 3. The molecule has 0 bridgehead atoms. The van der Waals surface area contributed by atoms with Gasteiger partial charge in [-0.3, -0.25) is 4.79 Å². The average Bonchev–Trinajstić information content (AvgIpc) is 2.32. The molecular formula is C13H18BrN3O. The number of carbonyl (C=O) groups excluding carboxylic acids is 1. The summed E-state index contributed by atoms with van der Waals surface area (Å²) >= 11 is 3.44. The van der Waals surface area contributed by atoms with Crippen LogP contribution in [0.1, 0.15) is 13.3 Å². The zero-order valence-corrected chi connectivity index (χ0v) is 12.3. The van der Waals surface area contributed by atoms with Crippen LogP contribution in [-0.2, 0) is 4.79 Å². The van der Waals surface area contributed by atoms with Crippen molar-refractivity contribution in [1.29, 1.82) is 0 Å². The maximum Gasteiger partial charge on any atom is 0.246 e. The second kappa shape index (κ2) is 5.28. The van der Waals surface area contributed by atoms with E-state index >= 15 is 0 Å². The second-order valence-electron chi connectivity index (χ2n) is 4.77. The topological polar surface area (TPSA) is 49.6 Å². The monoisotopic (exact) mass is 311 g/mol. The van der Waals surface area contributed by atoms with Gasteiger partial charge in [0.2, 0.25) is 5.91 Å². The molecule has 0 saturated carbocycles. The fourth-order valence-electron chi connectivity index (χ4n) is 2.08. The molecule has 1 aliphatic rings. The summed E-state index contributed by atoms with van der Waals surface area (Å²) in [5.74, 6) is 0.116. The highest BCUT2D eigenvalue weighted by atomic mass is 79.9. The fraction of sp³-hybridized carbons (Fsp3) is 0.462. The Bertz CT molecular complexity index is 462. The molecule has 0 aliphatic carbocycles. The smallest absolute Gasteiger partial charge is 0.246 e. The molecule has 5 heteroatoms. The number of rotatable bonds is 3. The maximum atomic E-state index is 12.0. The van der Waals surface area contributed by atoms with Crippen LogP contribution in [0.25, 0.3) is 0 Å². The molecule has 1 aliphatic heterocycles. The minimum absolute atomic E-state index is 0.116. The van der Waals surface area contributed by atoms with E-state index < -0.39 is 0 Å². The Balaban J connectivity index is 2.30. The van der Waals surface area contributed by atoms with Crippen LogP contribution in [0.3, 0.4) is 0 Å². The Kier molecular flexibility index (Phi) is 3.92. The van der Waals surface area contributed by atoms with Gasteiger partial charge in [-0.1, -0.05) is 15.9 Å². The molecule has 1 amide bonds. The second-order valence-corrected chi connectivity index (χ2v) is 5.69. The summed E-state index contributed by atoms with van der Waals surface area (Å²) in [5, 5.41) is 0. The number of carbonyl (C=O) groups is 1. The third-order valence-corrected chi connectivity index (χ3v) is 3.69. The van der Waals surface area contributed by atoms with Gasteiger partial charge in [0.1, 0.15) is 0 Å². The van der Waals surface area contributed by atoms with Gasteiger partial charge in [0.05, 0.1) is 17.9 Å². The quantitative estimate of drug-likeness (QED) is 0.928. The zero-order valence-electron chi connectivity index (χ0n) is 10.7. The summed E-state index contributed by atoms with van der Waals surface area (Å²) in [6.07, 6.45) is 0.881. The highest BCUT2D eigenvalue weighted by Gasteiger charge is 2.26. The third kappa shape index (κ3) is 2.67. The van der Waals surface area contributed by atoms with Crippen LogP contribution in [-0.4, -0.2) is 32.1 Å². The van der Waals surface area contributed by atoms with Crippen LogP contribution in [0.5, 0.6) is 0 Å². The summed E-state index contributed by atoms with van der Waals surface area (Å²) in [5.41, 5.74) is 7.83. The van der Waals surface area contributed by atoms with Crippen molar-refractivity contribution >= 4 is 33.2 Å². The van der Waals surface area contributed by atoms with E-state index in [1.54, 1.807) is 4.90 Å². The number of nitrogens with two attached hydrogens (primary N) is 1. The van der Waals surface area contributed by atoms with Gasteiger partial charge in [-0.2, -0.15) is 0 Å². The molecule has 1 aromatic rings. The van der Waals surface area contributed by atoms with Crippen molar-refractivity contribution in [1.82, 2.24) is 0 Å². The number of nitrogens with zero attached hydrogens (tertiary/aromatic N) is 2. The molecule has 1 atom stereocenters. The lowest BCUT2D eigenvalue weighted by Gasteiger charge is -2.36. The van der Waals surface area contributed by atoms with Crippen LogP contribution >= 0.6 is 15.9 Å². The van der Waals surface area contributed by atoms with E-state index in [9.17, 15) is 4.79 Å². The zero-order chi connectivity index (χ0) is 13.3. The minimum Gasteiger partial charge on any atom is -0.360 e. The molecule has 0 radical (unpaired) electrons. The number of halogens is 1. The lowest BCUT2D eigenvalue weighted by Crippen LogP contribution is -2.45. The summed E-state index contributed by atoms with van der Waals surface area (Å²) in [7, 11) is 1.82. The lowest BCUT2D eigenvalue weighted by atomic mass is 10.1. The van der Waals surface area contributed by atoms with Crippen molar-refractivity contribution in [3.8, 4) is 0 Å². The predicted molar refractivity (Wildman–Crippen MR) is 78.0 cm³/mol. The largest absolute Gasteiger partial charge is 0.360 e. The molecule has 0 aromatic heterocycles. The van der Waals surface area contributed by atoms with Crippen molar-refractivity contribution in [3.63, 3.8) is 0 Å². The minimum atomic E-state index is 0.116. The van der Waals surface area contributed by atoms with Gasteiger partial charge < -0.3 is 15.5 Å². The molecule has 0 spiro atoms. The van der Waals surface area contributed by atoms with Crippen molar-refractivity contribution in [2.45, 2.75) is 19.4 Å². The van der Waals surface area contributed by atoms with Crippen LogP contribution in [0.2, 0.25) is 0 Å². The standard InChI is InChI=1S/C13H18BrN3O/c1-9(15)5-6-17-8-13(18)16(2)12-7-10(14)3-4-11(12)17/h3-4,7,9H,5-6,8,15H2,1-2H3. The average molecular weight is 312 g/mol. The van der Waals surface area contributed by atoms with E-state index in [1.807, 2.05) is 32.2 Å². The van der Waals surface area contributed by atoms with E-state index in [2.05, 4.69) is 20.8 Å². The van der Waals surface area contributed by atoms with Gasteiger partial charge >= 0.3 is 0 Å². The van der Waals surface area contributed by atoms with Crippen LogP contribution in [0.15, 0.2) is 22.7 Å². The van der Waals surface area contributed by atoms with E-state index in [0.29, 0.717) is 6.54 Å². The van der Waals surface area contributed by atoms with Gasteiger partial charge in [-0.15, -0.1) is 0 Å². The Morgan fingerprint density at radius 1 is 1.44 bits per heavy atom. The van der Waals surface area contributed by atoms with Gasteiger partial charge in [0.25, 0.3) is 0 Å². The van der Waals surface area contributed by atoms with Gasteiger partial charge in [-0.05, 0) is 31.5 Å². The van der Waals surface area contributed by atoms with Gasteiger partial charge in [0.15, 0.2) is 0 Å². The first-order valence-corrected chi connectivity index (χ1v) is 6.85. The van der Waals surface area contributed by atoms with E-state index in [0.717, 1.165) is 28.8 Å². The summed E-state index contributed by atoms with van der Waals surface area (Å²) < 4.78 is 0.981. The molecule has 2 N–H and O–H groups in total. The van der Waals surface area contributed by atoms with Crippen molar-refractivity contribution in [3.05, 3.63) is 22.7 Å². The summed E-state index contributed by atoms with van der Waals surface area (Å²) in [4.78, 5) is 15.8. The highest BCUT2D eigenvalue weighted by molar-refractivity contribution is 9.10. The molecule has 4 nitrogen and oxygen atoms in total. The summed E-state index contributed by atoms with van der Waals surface area (Å²) in [6, 6.07) is 6.18. The lowest BCUT2D eigenvalue weighted by molar-refractivity contribution is -0.117. The molecule has 2 rings (SSSR count). The number of hydrogen-bond donors (Lipinski definition) is 1. The van der Waals surface area contributed by atoms with Crippen molar-refractivity contribution in [2.75, 3.05) is 29.9 Å². The number of benzene rings is 1. The predicted octanol–water partition coefficient (Wildman–Crippen LogP) is 1.97. The SMILES string of the molecule is CC(N)CCN1CC(=O)N(C)c2cc(Br)ccc21. The highest BCUT2D eigenvalue weighted by Crippen LogP contribution is 2.35. The Morgan fingerprint density at radius 3 is 2.83 bits per heavy atom. The molecule has 0 fully saturated rings. The molecule has 1 aromatic carbocycles. The third-order valence-electron chi connectivity index (χ3n) is 3.19. The Morgan fingerprint density at radius 2 is 2.17 bits per heavy atom. The Hall–Kier alpha value is -1.07. The van der Waals surface area contributed by atoms with E-state index in [-0.39, 0.29) is 11.9 Å². The van der Waals surface area contributed by atoms with Crippen molar-refractivity contribution in [2.24, 2.45) is 5.73 Å². The van der Waals surface area contributed by atoms with Gasteiger partial charge in [-0.25, -0.2) is 0 Å². The first-order chi connectivity index (χ1) is 8.49. The first kappa shape index (κ1) is 13.4. The van der Waals surface area contributed by atoms with Crippen molar-refractivity contribution < 1.29 is 4.79 Å². The van der Waals surface area contributed by atoms with E-state index in [4.69, 9.17) is 5.73 Å². The molecule has 1 unspecified atom stereocenters. The fourth-order valence-corrected chi connectivity index (χ4v) is 2.43. The van der Waals surface area contributed by atoms with Crippen LogP contribution in [0, 0.1) is 0 Å². The normalized spacial score (nSPS) is 16.8. The molecule has 18 heavy (non-hydrogen) atoms. The molecular weight excluding hydrogens is 294 g/mol. The molecule has 98 valence electrons. The number of amides is 1. The van der Waals surface area contributed by atoms with E-state index in [1.165, 1.54) is 0 Å². The first-order valence-electron chi connectivity index (χ1n) is 6.05. The number of likely N-dealkylation sites (N-methyl/N-ethyl adjacent to an activating group) is 1. The number of anilines is 2.